The first-order valence-electron chi connectivity index (χ1n) is 9.03. The molecule has 0 spiro atoms. The van der Waals surface area contributed by atoms with Crippen LogP contribution in [-0.2, 0) is 12.6 Å². The Morgan fingerprint density at radius 3 is 2.86 bits per heavy atom. The summed E-state index contributed by atoms with van der Waals surface area (Å²) in [5.74, 6) is 0.471. The van der Waals surface area contributed by atoms with E-state index in [1.54, 1.807) is 6.20 Å². The van der Waals surface area contributed by atoms with E-state index in [1.165, 1.54) is 28.4 Å². The standard InChI is InChI=1S/C19H19F3N2O3S/c20-19(21,22)12-2-1-3-13(7-12)27-14-6-11-10-24(18(25)26)16(15(11)8-14)9-17-23-4-5-28-17/h1-5,7,11,14-16H,6,8-10H2,(H,25,26)/t11-,14-,15-,16?/m0/s1. The number of halogens is 3. The van der Waals surface area contributed by atoms with Crippen molar-refractivity contribution in [3.63, 3.8) is 0 Å². The molecule has 4 rings (SSSR count). The fourth-order valence-corrected chi connectivity index (χ4v) is 5.12. The molecule has 0 radical (unpaired) electrons. The predicted molar refractivity (Wildman–Crippen MR) is 96.4 cm³/mol. The van der Waals surface area contributed by atoms with E-state index < -0.39 is 17.8 Å². The van der Waals surface area contributed by atoms with Crippen LogP contribution in [0.1, 0.15) is 23.4 Å². The second-order valence-corrected chi connectivity index (χ2v) is 8.27. The molecule has 2 fully saturated rings. The van der Waals surface area contributed by atoms with Crippen LogP contribution in [0.2, 0.25) is 0 Å². The van der Waals surface area contributed by atoms with E-state index in [-0.39, 0.29) is 29.7 Å². The van der Waals surface area contributed by atoms with Crippen molar-refractivity contribution in [2.45, 2.75) is 37.6 Å². The quantitative estimate of drug-likeness (QED) is 0.801. The molecule has 1 amide bonds. The van der Waals surface area contributed by atoms with E-state index in [1.807, 2.05) is 5.38 Å². The SMILES string of the molecule is O=C(O)N1C[C@@H]2C[C@H](Oc3cccc(C(F)(F)F)c3)C[C@@H]2C1Cc1nccs1. The first-order valence-corrected chi connectivity index (χ1v) is 9.91. The third kappa shape index (κ3) is 3.80. The van der Waals surface area contributed by atoms with Gasteiger partial charge in [-0.05, 0) is 42.9 Å². The van der Waals surface area contributed by atoms with Gasteiger partial charge in [0.25, 0.3) is 0 Å². The third-order valence-electron chi connectivity index (χ3n) is 5.61. The number of hydrogen-bond donors (Lipinski definition) is 1. The summed E-state index contributed by atoms with van der Waals surface area (Å²) in [4.78, 5) is 17.4. The predicted octanol–water partition coefficient (Wildman–Crippen LogP) is 4.54. The molecule has 28 heavy (non-hydrogen) atoms. The lowest BCUT2D eigenvalue weighted by atomic mass is 9.92. The van der Waals surface area contributed by atoms with Gasteiger partial charge in [-0.15, -0.1) is 11.3 Å². The molecular formula is C19H19F3N2O3S. The van der Waals surface area contributed by atoms with Crippen LogP contribution in [0, 0.1) is 11.8 Å². The molecule has 1 saturated heterocycles. The van der Waals surface area contributed by atoms with Crippen molar-refractivity contribution in [1.82, 2.24) is 9.88 Å². The topological polar surface area (TPSA) is 62.7 Å². The van der Waals surface area contributed by atoms with E-state index in [2.05, 4.69) is 4.98 Å². The molecule has 1 N–H and O–H groups in total. The lowest BCUT2D eigenvalue weighted by Gasteiger charge is -2.26. The Labute approximate surface area is 163 Å². The Morgan fingerprint density at radius 2 is 2.18 bits per heavy atom. The fourth-order valence-electron chi connectivity index (χ4n) is 4.45. The average molecular weight is 412 g/mol. The molecule has 1 aromatic heterocycles. The van der Waals surface area contributed by atoms with Crippen LogP contribution in [0.3, 0.4) is 0 Å². The summed E-state index contributed by atoms with van der Waals surface area (Å²) in [7, 11) is 0. The second kappa shape index (κ2) is 7.27. The number of carbonyl (C=O) groups is 1. The maximum Gasteiger partial charge on any atom is 0.416 e. The molecule has 1 unspecified atom stereocenters. The number of thiazole rings is 1. The van der Waals surface area contributed by atoms with Gasteiger partial charge in [-0.1, -0.05) is 6.07 Å². The summed E-state index contributed by atoms with van der Waals surface area (Å²) in [6.45, 7) is 0.429. The molecule has 1 aliphatic heterocycles. The van der Waals surface area contributed by atoms with Crippen molar-refractivity contribution in [3.8, 4) is 5.75 Å². The summed E-state index contributed by atoms with van der Waals surface area (Å²) in [6, 6.07) is 4.73. The van der Waals surface area contributed by atoms with Crippen LogP contribution in [0.15, 0.2) is 35.8 Å². The van der Waals surface area contributed by atoms with Gasteiger partial charge < -0.3 is 14.7 Å². The molecule has 0 bridgehead atoms. The number of likely N-dealkylation sites (tertiary alicyclic amines) is 1. The van der Waals surface area contributed by atoms with E-state index in [9.17, 15) is 23.1 Å². The fraction of sp³-hybridized carbons (Fsp3) is 0.474. The normalized spacial score (nSPS) is 27.0. The van der Waals surface area contributed by atoms with Crippen molar-refractivity contribution in [1.29, 1.82) is 0 Å². The monoisotopic (exact) mass is 412 g/mol. The van der Waals surface area contributed by atoms with Gasteiger partial charge in [-0.25, -0.2) is 9.78 Å². The highest BCUT2D eigenvalue weighted by Crippen LogP contribution is 2.45. The van der Waals surface area contributed by atoms with Gasteiger partial charge in [0.05, 0.1) is 16.7 Å². The van der Waals surface area contributed by atoms with Crippen molar-refractivity contribution < 1.29 is 27.8 Å². The summed E-state index contributed by atoms with van der Waals surface area (Å²) >= 11 is 1.50. The molecule has 2 aliphatic rings. The minimum atomic E-state index is -4.41. The Morgan fingerprint density at radius 1 is 1.36 bits per heavy atom. The minimum absolute atomic E-state index is 0.121. The summed E-state index contributed by atoms with van der Waals surface area (Å²) in [6.07, 6.45) is -2.04. The van der Waals surface area contributed by atoms with Gasteiger partial charge in [0.1, 0.15) is 5.75 Å². The van der Waals surface area contributed by atoms with Gasteiger partial charge in [0, 0.05) is 30.6 Å². The van der Waals surface area contributed by atoms with Crippen LogP contribution in [0.25, 0.3) is 0 Å². The van der Waals surface area contributed by atoms with E-state index in [0.29, 0.717) is 25.8 Å². The maximum atomic E-state index is 12.9. The number of nitrogens with zero attached hydrogens (tertiary/aromatic N) is 2. The summed E-state index contributed by atoms with van der Waals surface area (Å²) in [5.41, 5.74) is -0.734. The van der Waals surface area contributed by atoms with Crippen LogP contribution >= 0.6 is 11.3 Å². The molecule has 150 valence electrons. The Kier molecular flexibility index (Phi) is 4.95. The lowest BCUT2D eigenvalue weighted by Crippen LogP contribution is -2.39. The van der Waals surface area contributed by atoms with Crippen molar-refractivity contribution in [2.24, 2.45) is 11.8 Å². The highest BCUT2D eigenvalue weighted by Gasteiger charge is 2.50. The van der Waals surface area contributed by atoms with Gasteiger partial charge in [0.15, 0.2) is 0 Å². The number of benzene rings is 1. The number of rotatable bonds is 4. The van der Waals surface area contributed by atoms with Crippen LogP contribution in [0.4, 0.5) is 18.0 Å². The van der Waals surface area contributed by atoms with Gasteiger partial charge in [-0.2, -0.15) is 13.2 Å². The zero-order valence-corrected chi connectivity index (χ0v) is 15.6. The smallest absolute Gasteiger partial charge is 0.416 e. The first kappa shape index (κ1) is 19.0. The highest BCUT2D eigenvalue weighted by atomic mass is 32.1. The van der Waals surface area contributed by atoms with Crippen LogP contribution < -0.4 is 4.74 Å². The number of carboxylic acid groups (broad SMARTS) is 1. The van der Waals surface area contributed by atoms with E-state index in [0.717, 1.165) is 17.1 Å². The molecular weight excluding hydrogens is 393 g/mol. The number of alkyl halides is 3. The Bertz CT molecular complexity index is 843. The van der Waals surface area contributed by atoms with Crippen molar-refractivity contribution in [2.75, 3.05) is 6.54 Å². The zero-order chi connectivity index (χ0) is 19.9. The van der Waals surface area contributed by atoms with Crippen LogP contribution in [0.5, 0.6) is 5.75 Å². The summed E-state index contributed by atoms with van der Waals surface area (Å²) in [5, 5.41) is 12.3. The first-order chi connectivity index (χ1) is 13.3. The molecule has 9 heteroatoms. The minimum Gasteiger partial charge on any atom is -0.490 e. The second-order valence-electron chi connectivity index (χ2n) is 7.29. The number of fused-ring (bicyclic) bond motifs is 1. The van der Waals surface area contributed by atoms with Crippen LogP contribution in [-0.4, -0.2) is 39.8 Å². The van der Waals surface area contributed by atoms with Crippen molar-refractivity contribution >= 4 is 17.4 Å². The number of amides is 1. The Hall–Kier alpha value is -2.29. The Balaban J connectivity index is 1.46. The molecule has 2 aromatic rings. The lowest BCUT2D eigenvalue weighted by molar-refractivity contribution is -0.137. The van der Waals surface area contributed by atoms with E-state index in [4.69, 9.17) is 4.74 Å². The van der Waals surface area contributed by atoms with Gasteiger partial charge in [-0.3, -0.25) is 0 Å². The van der Waals surface area contributed by atoms with Crippen molar-refractivity contribution in [3.05, 3.63) is 46.4 Å². The zero-order valence-electron chi connectivity index (χ0n) is 14.8. The molecule has 1 saturated carbocycles. The largest absolute Gasteiger partial charge is 0.490 e. The molecule has 5 nitrogen and oxygen atoms in total. The average Bonchev–Trinajstić information content (AvgIpc) is 3.32. The van der Waals surface area contributed by atoms with E-state index >= 15 is 0 Å². The maximum absolute atomic E-state index is 12.9. The number of aromatic nitrogens is 1. The molecule has 1 aliphatic carbocycles. The number of ether oxygens (including phenoxy) is 1. The molecule has 2 heterocycles. The summed E-state index contributed by atoms with van der Waals surface area (Å²) < 4.78 is 44.5. The highest BCUT2D eigenvalue weighted by molar-refractivity contribution is 7.09. The molecule has 1 aromatic carbocycles. The van der Waals surface area contributed by atoms with Gasteiger partial charge >= 0.3 is 12.3 Å². The molecule has 4 atom stereocenters. The van der Waals surface area contributed by atoms with Gasteiger partial charge in [0.2, 0.25) is 0 Å². The number of hydrogen-bond acceptors (Lipinski definition) is 4. The third-order valence-corrected chi connectivity index (χ3v) is 6.41.